The Morgan fingerprint density at radius 3 is 2.50 bits per heavy atom. The average Bonchev–Trinajstić information content (AvgIpc) is 3.14. The van der Waals surface area contributed by atoms with Crippen LogP contribution in [0.15, 0.2) is 48.7 Å². The van der Waals surface area contributed by atoms with Crippen LogP contribution in [0.3, 0.4) is 0 Å². The van der Waals surface area contributed by atoms with E-state index in [4.69, 9.17) is 11.6 Å². The van der Waals surface area contributed by atoms with Crippen molar-refractivity contribution in [1.82, 2.24) is 15.4 Å². The summed E-state index contributed by atoms with van der Waals surface area (Å²) < 4.78 is 14.2. The Bertz CT molecular complexity index is 1140. The summed E-state index contributed by atoms with van der Waals surface area (Å²) >= 11 is 6.12. The van der Waals surface area contributed by atoms with Crippen LogP contribution in [0.4, 0.5) is 4.39 Å². The molecule has 0 saturated carbocycles. The summed E-state index contributed by atoms with van der Waals surface area (Å²) in [6.07, 6.45) is 2.16. The number of halogens is 2. The molecule has 0 aliphatic heterocycles. The summed E-state index contributed by atoms with van der Waals surface area (Å²) in [5.41, 5.74) is 3.65. The average molecular weight is 470 g/mol. The Morgan fingerprint density at radius 1 is 1.16 bits per heavy atom. The monoisotopic (exact) mass is 469 g/mol. The number of hydrogen-bond donors (Lipinski definition) is 2. The summed E-state index contributed by atoms with van der Waals surface area (Å²) in [7, 11) is 0. The Morgan fingerprint density at radius 2 is 1.84 bits per heavy atom. The van der Waals surface area contributed by atoms with Crippen LogP contribution in [0.5, 0.6) is 0 Å². The second kappa shape index (κ2) is 10.1. The van der Waals surface area contributed by atoms with Gasteiger partial charge in [0.2, 0.25) is 0 Å². The zero-order valence-corrected chi connectivity index (χ0v) is 20.5. The second-order valence-electron chi connectivity index (χ2n) is 8.67. The molecule has 2 aromatic carbocycles. The molecule has 0 unspecified atom stereocenters. The summed E-state index contributed by atoms with van der Waals surface area (Å²) in [5, 5.41) is 9.91. The lowest BCUT2D eigenvalue weighted by molar-refractivity contribution is -0.135. The van der Waals surface area contributed by atoms with Crippen molar-refractivity contribution < 1.29 is 14.4 Å². The van der Waals surface area contributed by atoms with Gasteiger partial charge in [0.15, 0.2) is 5.82 Å². The van der Waals surface area contributed by atoms with Crippen molar-refractivity contribution in [2.45, 2.75) is 42.5 Å². The van der Waals surface area contributed by atoms with Crippen molar-refractivity contribution in [3.8, 4) is 11.4 Å². The van der Waals surface area contributed by atoms with Gasteiger partial charge in [0.05, 0.1) is 10.4 Å². The van der Waals surface area contributed by atoms with E-state index in [2.05, 4.69) is 27.3 Å². The summed E-state index contributed by atoms with van der Waals surface area (Å²) in [5.74, 6) is 6.38. The lowest BCUT2D eigenvalue weighted by Gasteiger charge is -2.28. The summed E-state index contributed by atoms with van der Waals surface area (Å²) in [6, 6.07) is 11.9. The third-order valence-electron chi connectivity index (χ3n) is 5.35. The molecule has 0 fully saturated rings. The van der Waals surface area contributed by atoms with E-state index in [0.29, 0.717) is 33.2 Å². The fourth-order valence-electron chi connectivity index (χ4n) is 3.89. The normalized spacial score (nSPS) is 16.6. The molecular weight excluding hydrogens is 444 g/mol. The number of hydrogen-bond acceptors (Lipinski definition) is 4. The van der Waals surface area contributed by atoms with Crippen molar-refractivity contribution in [3.05, 3.63) is 81.9 Å². The first kappa shape index (κ1) is 24.3. The molecule has 1 aliphatic carbocycles. The molecule has 1 atom stereocenters. The molecule has 3 aromatic rings. The number of hydroxylamine groups is 1. The van der Waals surface area contributed by atoms with Gasteiger partial charge in [-0.15, -0.1) is 17.4 Å². The number of nitrogens with one attached hydrogen (secondary N) is 1. The number of carbonyl (C=O) groups excluding carboxylic acids is 1. The zero-order valence-electron chi connectivity index (χ0n) is 18.6. The third-order valence-corrected chi connectivity index (χ3v) is 5.68. The van der Waals surface area contributed by atoms with Gasteiger partial charge in [-0.1, -0.05) is 35.9 Å². The molecule has 1 aliphatic rings. The van der Waals surface area contributed by atoms with Gasteiger partial charge in [0.25, 0.3) is 20.1 Å². The van der Waals surface area contributed by atoms with Gasteiger partial charge in [-0.25, -0.2) is 19.8 Å². The van der Waals surface area contributed by atoms with Crippen LogP contribution in [0, 0.1) is 12.7 Å². The Labute approximate surface area is 197 Å². The van der Waals surface area contributed by atoms with Crippen LogP contribution in [-0.2, 0) is 23.1 Å². The van der Waals surface area contributed by atoms with Gasteiger partial charge in [0.1, 0.15) is 5.82 Å². The number of amides is 1. The molecule has 1 amide bonds. The molecule has 2 N–H and O–H groups in total. The van der Waals surface area contributed by atoms with E-state index in [1.807, 2.05) is 18.2 Å². The maximum absolute atomic E-state index is 14.2. The first-order valence-electron chi connectivity index (χ1n) is 10.5. The Kier molecular flexibility index (Phi) is 7.68. The van der Waals surface area contributed by atoms with Crippen LogP contribution < -0.4 is 5.48 Å². The molecule has 8 heteroatoms. The minimum absolute atomic E-state index is 0.139. The van der Waals surface area contributed by atoms with Crippen LogP contribution in [0.25, 0.3) is 11.4 Å². The lowest BCUT2D eigenvalue weighted by atomic mass is 9.75. The number of rotatable bonds is 3. The number of benzene rings is 2. The first-order chi connectivity index (χ1) is 15.2. The van der Waals surface area contributed by atoms with Gasteiger partial charge in [-0.2, -0.15) is 0 Å². The van der Waals surface area contributed by atoms with Crippen molar-refractivity contribution in [2.75, 3.05) is 0 Å². The minimum atomic E-state index is -1.16. The van der Waals surface area contributed by atoms with Crippen molar-refractivity contribution >= 4 is 31.7 Å². The van der Waals surface area contributed by atoms with Crippen molar-refractivity contribution in [1.29, 1.82) is 0 Å². The molecule has 0 saturated heterocycles. The van der Waals surface area contributed by atoms with E-state index in [9.17, 15) is 14.4 Å². The third kappa shape index (κ3) is 4.87. The predicted molar refractivity (Wildman–Crippen MR) is 126 cm³/mol. The minimum Gasteiger partial charge on any atom is -0.289 e. The van der Waals surface area contributed by atoms with E-state index in [1.165, 1.54) is 6.07 Å². The Balaban J connectivity index is 0.000000668. The number of fused-ring (bicyclic) bond motifs is 1. The first-order valence-corrected chi connectivity index (χ1v) is 14.3. The summed E-state index contributed by atoms with van der Waals surface area (Å²) in [6.45, 7) is 1.63. The molecule has 1 heterocycles. The fraction of sp³-hybridized carbons (Fsp3) is 0.292. The highest BCUT2D eigenvalue weighted by Crippen LogP contribution is 2.41. The molecule has 0 bridgehead atoms. The molecule has 1 aromatic heterocycles. The van der Waals surface area contributed by atoms with Crippen molar-refractivity contribution in [2.24, 2.45) is 0 Å². The van der Waals surface area contributed by atoms with E-state index in [-0.39, 0.29) is 27.0 Å². The van der Waals surface area contributed by atoms with Crippen LogP contribution in [0.1, 0.15) is 22.4 Å². The summed E-state index contributed by atoms with van der Waals surface area (Å²) in [4.78, 5) is 21.7. The van der Waals surface area contributed by atoms with Gasteiger partial charge in [-0.05, 0) is 48.2 Å². The molecule has 32 heavy (non-hydrogen) atoms. The number of nitrogens with zero attached hydrogens (tertiary/aromatic N) is 2. The predicted octanol–water partition coefficient (Wildman–Crippen LogP) is 5.16. The number of carbonyl (C=O) groups is 1. The molecule has 5 nitrogen and oxygen atoms in total. The van der Waals surface area contributed by atoms with Crippen molar-refractivity contribution in [3.63, 3.8) is 0 Å². The zero-order chi connectivity index (χ0) is 23.5. The van der Waals surface area contributed by atoms with E-state index >= 15 is 0 Å². The molecule has 4 rings (SSSR count). The highest BCUT2D eigenvalue weighted by Gasteiger charge is 2.47. The molecule has 0 spiro atoms. The molecule has 0 radical (unpaired) electrons. The fourth-order valence-corrected chi connectivity index (χ4v) is 4.12. The molecule has 166 valence electrons. The topological polar surface area (TPSA) is 75.1 Å². The standard InChI is InChI=1S/C21H17ClFN3O2.3CH3.Al/c1-12-15(6-4-8-17(12)23)21(20(27)26-28)9-13-11-24-19(25-18(13)10-21)14-5-2-3-7-16(14)22;;;;/h2-8,11,28H,9-10H2,1H3,(H,26,27);3*1H3;/t21-;;;;/m0..../s1. The maximum atomic E-state index is 14.2. The SMILES string of the molecule is Cc1c(F)cccc1[C@]1(C(=O)NO)Cc2cnc(-c3ccccc3Cl)nc2C1.[CH3][Al]([CH3])[CH3]. The van der Waals surface area contributed by atoms with E-state index in [0.717, 1.165) is 5.56 Å². The second-order valence-corrected chi connectivity index (χ2v) is 12.5. The van der Waals surface area contributed by atoms with Crippen LogP contribution >= 0.6 is 11.6 Å². The van der Waals surface area contributed by atoms with Gasteiger partial charge in [-0.3, -0.25) is 10.0 Å². The highest BCUT2D eigenvalue weighted by atomic mass is 35.5. The lowest BCUT2D eigenvalue weighted by Crippen LogP contribution is -2.44. The smallest absolute Gasteiger partial charge is 0.254 e. The molecular formula is C24H26AlClFN3O2. The quantitative estimate of drug-likeness (QED) is 0.316. The highest BCUT2D eigenvalue weighted by molar-refractivity contribution is 6.54. The van der Waals surface area contributed by atoms with Crippen LogP contribution in [0.2, 0.25) is 22.4 Å². The largest absolute Gasteiger partial charge is 0.289 e. The van der Waals surface area contributed by atoms with Gasteiger partial charge in [0, 0.05) is 23.9 Å². The van der Waals surface area contributed by atoms with E-state index < -0.39 is 17.1 Å². The van der Waals surface area contributed by atoms with Gasteiger partial charge < -0.3 is 0 Å². The Hall–Kier alpha value is -2.30. The van der Waals surface area contributed by atoms with E-state index in [1.54, 1.807) is 36.8 Å². The van der Waals surface area contributed by atoms with Gasteiger partial charge >= 0.3 is 0 Å². The van der Waals surface area contributed by atoms with Crippen LogP contribution in [-0.4, -0.2) is 35.2 Å². The maximum Gasteiger partial charge on any atom is 0.254 e. The number of aromatic nitrogens is 2.